The quantitative estimate of drug-likeness (QED) is 0.833. The van der Waals surface area contributed by atoms with Gasteiger partial charge in [-0.05, 0) is 44.2 Å². The molecule has 92 valence electrons. The van der Waals surface area contributed by atoms with E-state index in [4.69, 9.17) is 5.11 Å². The Hall–Kier alpha value is -1.55. The largest absolute Gasteiger partial charge is 0.478 e. The molecule has 4 nitrogen and oxygen atoms in total. The van der Waals surface area contributed by atoms with Crippen LogP contribution in [0, 0.1) is 0 Å². The Balaban J connectivity index is 2.01. The van der Waals surface area contributed by atoms with Gasteiger partial charge in [0.05, 0.1) is 5.56 Å². The molecule has 0 aliphatic carbocycles. The zero-order valence-corrected chi connectivity index (χ0v) is 10.0. The van der Waals surface area contributed by atoms with Crippen molar-refractivity contribution in [2.45, 2.75) is 18.9 Å². The van der Waals surface area contributed by atoms with Crippen molar-refractivity contribution in [1.82, 2.24) is 5.32 Å². The lowest BCUT2D eigenvalue weighted by Gasteiger charge is -2.33. The van der Waals surface area contributed by atoms with Gasteiger partial charge in [0.15, 0.2) is 0 Å². The van der Waals surface area contributed by atoms with Gasteiger partial charge in [-0.25, -0.2) is 4.79 Å². The van der Waals surface area contributed by atoms with Gasteiger partial charge in [-0.1, -0.05) is 0 Å². The number of nitrogens with zero attached hydrogens (tertiary/aromatic N) is 1. The van der Waals surface area contributed by atoms with Crippen molar-refractivity contribution in [2.75, 3.05) is 25.0 Å². The van der Waals surface area contributed by atoms with Crippen LogP contribution < -0.4 is 10.2 Å². The van der Waals surface area contributed by atoms with E-state index < -0.39 is 5.97 Å². The second-order valence-corrected chi connectivity index (χ2v) is 4.40. The summed E-state index contributed by atoms with van der Waals surface area (Å²) in [4.78, 5) is 13.1. The zero-order chi connectivity index (χ0) is 12.3. The van der Waals surface area contributed by atoms with Crippen LogP contribution in [0.15, 0.2) is 24.3 Å². The summed E-state index contributed by atoms with van der Waals surface area (Å²) in [6.07, 6.45) is 2.27. The van der Waals surface area contributed by atoms with E-state index in [1.807, 2.05) is 19.2 Å². The summed E-state index contributed by atoms with van der Waals surface area (Å²) in [6, 6.07) is 7.74. The fourth-order valence-corrected chi connectivity index (χ4v) is 2.24. The minimum absolute atomic E-state index is 0.346. The number of aromatic carboxylic acids is 1. The molecule has 0 bridgehead atoms. The highest BCUT2D eigenvalue weighted by molar-refractivity contribution is 5.88. The first-order chi connectivity index (χ1) is 8.20. The number of hydrogen-bond donors (Lipinski definition) is 2. The second-order valence-electron chi connectivity index (χ2n) is 4.40. The third kappa shape index (κ3) is 2.77. The molecule has 0 aromatic heterocycles. The van der Waals surface area contributed by atoms with Crippen molar-refractivity contribution in [3.8, 4) is 0 Å². The Kier molecular flexibility index (Phi) is 3.64. The Bertz CT molecular complexity index is 381. The average Bonchev–Trinajstić information content (AvgIpc) is 2.39. The highest BCUT2D eigenvalue weighted by Crippen LogP contribution is 2.20. The molecule has 1 aromatic rings. The van der Waals surface area contributed by atoms with E-state index in [-0.39, 0.29) is 0 Å². The van der Waals surface area contributed by atoms with Crippen LogP contribution in [0.1, 0.15) is 23.2 Å². The first-order valence-electron chi connectivity index (χ1n) is 5.96. The number of carbonyl (C=O) groups is 1. The SMILES string of the molecule is CNC1CCN(c2ccc(C(=O)O)cc2)CC1. The first-order valence-corrected chi connectivity index (χ1v) is 5.96. The number of piperidine rings is 1. The van der Waals surface area contributed by atoms with E-state index in [9.17, 15) is 4.79 Å². The number of carboxylic acids is 1. The normalized spacial score (nSPS) is 17.1. The summed E-state index contributed by atoms with van der Waals surface area (Å²) in [5, 5.41) is 12.1. The molecular formula is C13H18N2O2. The molecule has 1 fully saturated rings. The van der Waals surface area contributed by atoms with Gasteiger partial charge >= 0.3 is 5.97 Å². The molecule has 17 heavy (non-hydrogen) atoms. The number of nitrogens with one attached hydrogen (secondary N) is 1. The number of carboxylic acid groups (broad SMARTS) is 1. The van der Waals surface area contributed by atoms with Gasteiger partial charge in [0.25, 0.3) is 0 Å². The molecule has 0 saturated carbocycles. The van der Waals surface area contributed by atoms with Crippen LogP contribution in [0.2, 0.25) is 0 Å². The predicted molar refractivity (Wildman–Crippen MR) is 67.7 cm³/mol. The smallest absolute Gasteiger partial charge is 0.335 e. The van der Waals surface area contributed by atoms with Crippen LogP contribution in [0.4, 0.5) is 5.69 Å². The maximum absolute atomic E-state index is 10.7. The maximum atomic E-state index is 10.7. The molecule has 4 heteroatoms. The lowest BCUT2D eigenvalue weighted by Crippen LogP contribution is -2.41. The number of anilines is 1. The van der Waals surface area contributed by atoms with E-state index in [1.54, 1.807) is 12.1 Å². The summed E-state index contributed by atoms with van der Waals surface area (Å²) in [5.74, 6) is -0.870. The minimum atomic E-state index is -0.870. The van der Waals surface area contributed by atoms with Crippen molar-refractivity contribution >= 4 is 11.7 Å². The Morgan fingerprint density at radius 1 is 1.29 bits per heavy atom. The van der Waals surface area contributed by atoms with Gasteiger partial charge in [0, 0.05) is 24.8 Å². The van der Waals surface area contributed by atoms with Crippen molar-refractivity contribution < 1.29 is 9.90 Å². The molecule has 1 aliphatic rings. The summed E-state index contributed by atoms with van der Waals surface area (Å²) in [6.45, 7) is 2.05. The molecule has 0 amide bonds. The monoisotopic (exact) mass is 234 g/mol. The molecule has 1 aliphatic heterocycles. The van der Waals surface area contributed by atoms with Crippen molar-refractivity contribution in [1.29, 1.82) is 0 Å². The highest BCUT2D eigenvalue weighted by atomic mass is 16.4. The Labute approximate surface area is 101 Å². The molecule has 0 radical (unpaired) electrons. The molecule has 0 spiro atoms. The van der Waals surface area contributed by atoms with Gasteiger partial charge < -0.3 is 15.3 Å². The van der Waals surface area contributed by atoms with Gasteiger partial charge in [0.1, 0.15) is 0 Å². The Morgan fingerprint density at radius 2 is 1.88 bits per heavy atom. The third-order valence-corrected chi connectivity index (χ3v) is 3.38. The third-order valence-electron chi connectivity index (χ3n) is 3.38. The predicted octanol–water partition coefficient (Wildman–Crippen LogP) is 1.57. The minimum Gasteiger partial charge on any atom is -0.478 e. The molecular weight excluding hydrogens is 216 g/mol. The highest BCUT2D eigenvalue weighted by Gasteiger charge is 2.17. The summed E-state index contributed by atoms with van der Waals surface area (Å²) < 4.78 is 0. The van der Waals surface area contributed by atoms with Crippen LogP contribution in [0.25, 0.3) is 0 Å². The van der Waals surface area contributed by atoms with E-state index in [1.165, 1.54) is 0 Å². The molecule has 2 N–H and O–H groups in total. The van der Waals surface area contributed by atoms with Crippen LogP contribution in [-0.4, -0.2) is 37.3 Å². The zero-order valence-electron chi connectivity index (χ0n) is 10.0. The van der Waals surface area contributed by atoms with Crippen molar-refractivity contribution in [3.05, 3.63) is 29.8 Å². The summed E-state index contributed by atoms with van der Waals surface area (Å²) in [5.41, 5.74) is 1.46. The summed E-state index contributed by atoms with van der Waals surface area (Å²) >= 11 is 0. The molecule has 1 saturated heterocycles. The van der Waals surface area contributed by atoms with Gasteiger partial charge in [-0.3, -0.25) is 0 Å². The average molecular weight is 234 g/mol. The first kappa shape index (κ1) is 11.9. The lowest BCUT2D eigenvalue weighted by atomic mass is 10.0. The van der Waals surface area contributed by atoms with Crippen LogP contribution in [-0.2, 0) is 0 Å². The Morgan fingerprint density at radius 3 is 2.35 bits per heavy atom. The lowest BCUT2D eigenvalue weighted by molar-refractivity contribution is 0.0697. The topological polar surface area (TPSA) is 52.6 Å². The van der Waals surface area contributed by atoms with Gasteiger partial charge in [-0.2, -0.15) is 0 Å². The maximum Gasteiger partial charge on any atom is 0.335 e. The molecule has 1 aromatic carbocycles. The number of rotatable bonds is 3. The molecule has 1 heterocycles. The second kappa shape index (κ2) is 5.19. The van der Waals surface area contributed by atoms with Crippen LogP contribution in [0.3, 0.4) is 0 Å². The van der Waals surface area contributed by atoms with E-state index in [0.29, 0.717) is 11.6 Å². The van der Waals surface area contributed by atoms with Crippen molar-refractivity contribution in [3.63, 3.8) is 0 Å². The van der Waals surface area contributed by atoms with E-state index in [2.05, 4.69) is 10.2 Å². The number of hydrogen-bond acceptors (Lipinski definition) is 3. The van der Waals surface area contributed by atoms with E-state index >= 15 is 0 Å². The fourth-order valence-electron chi connectivity index (χ4n) is 2.24. The van der Waals surface area contributed by atoms with Crippen LogP contribution >= 0.6 is 0 Å². The molecule has 0 atom stereocenters. The molecule has 0 unspecified atom stereocenters. The fraction of sp³-hybridized carbons (Fsp3) is 0.462. The van der Waals surface area contributed by atoms with Crippen LogP contribution in [0.5, 0.6) is 0 Å². The molecule has 2 rings (SSSR count). The standard InChI is InChI=1S/C13H18N2O2/c1-14-11-6-8-15(9-7-11)12-4-2-10(3-5-12)13(16)17/h2-5,11,14H,6-9H2,1H3,(H,16,17). The van der Waals surface area contributed by atoms with E-state index in [0.717, 1.165) is 31.6 Å². The van der Waals surface area contributed by atoms with Gasteiger partial charge in [-0.15, -0.1) is 0 Å². The summed E-state index contributed by atoms with van der Waals surface area (Å²) in [7, 11) is 2.00. The van der Waals surface area contributed by atoms with Gasteiger partial charge in [0.2, 0.25) is 0 Å². The number of benzene rings is 1. The van der Waals surface area contributed by atoms with Crippen molar-refractivity contribution in [2.24, 2.45) is 0 Å².